The number of carbonyl (C=O) groups is 4. The lowest BCUT2D eigenvalue weighted by Gasteiger charge is -2.37. The summed E-state index contributed by atoms with van der Waals surface area (Å²) in [5, 5.41) is 12.9. The fraction of sp³-hybridized carbons (Fsp3) is 0.459. The summed E-state index contributed by atoms with van der Waals surface area (Å²) in [7, 11) is 0. The summed E-state index contributed by atoms with van der Waals surface area (Å²) in [6, 6.07) is 13.4. The Morgan fingerprint density at radius 1 is 1.17 bits per heavy atom. The van der Waals surface area contributed by atoms with Gasteiger partial charge in [0, 0.05) is 25.2 Å². The highest BCUT2D eigenvalue weighted by Gasteiger charge is 2.75. The molecule has 2 N–H and O–H groups in total. The lowest BCUT2D eigenvalue weighted by atomic mass is 9.70. The van der Waals surface area contributed by atoms with E-state index in [9.17, 15) is 24.3 Å². The number of anilines is 1. The SMILES string of the molecule is C=CCCC(=O)N[C@@H](C)[C@H](OC(=O)[C@@H]1[C@H]2C(=O)N(CCO)[C@H](C(=O)N(CC=C)c3cc(C)ccc3C)[C@]23CC[C@H]1O3)c1ccccc1. The van der Waals surface area contributed by atoms with Crippen molar-refractivity contribution in [3.63, 3.8) is 0 Å². The van der Waals surface area contributed by atoms with Gasteiger partial charge in [-0.1, -0.05) is 54.6 Å². The number of hydrogen-bond donors (Lipinski definition) is 2. The van der Waals surface area contributed by atoms with Crippen LogP contribution in [0.25, 0.3) is 0 Å². The lowest BCUT2D eigenvalue weighted by Crippen LogP contribution is -2.57. The zero-order chi connectivity index (χ0) is 33.9. The number of esters is 1. The van der Waals surface area contributed by atoms with Crippen LogP contribution in [0.5, 0.6) is 0 Å². The van der Waals surface area contributed by atoms with Gasteiger partial charge in [0.1, 0.15) is 17.7 Å². The van der Waals surface area contributed by atoms with E-state index in [1.807, 2.05) is 62.4 Å². The topological polar surface area (TPSA) is 125 Å². The van der Waals surface area contributed by atoms with Crippen molar-refractivity contribution in [1.82, 2.24) is 10.2 Å². The average molecular weight is 644 g/mol. The molecule has 2 bridgehead atoms. The van der Waals surface area contributed by atoms with Crippen LogP contribution < -0.4 is 10.2 Å². The molecule has 0 aromatic heterocycles. The van der Waals surface area contributed by atoms with Gasteiger partial charge in [0.2, 0.25) is 11.8 Å². The molecular formula is C37H45N3O7. The number of rotatable bonds is 14. The van der Waals surface area contributed by atoms with Gasteiger partial charge in [-0.05, 0) is 62.8 Å². The summed E-state index contributed by atoms with van der Waals surface area (Å²) in [5.41, 5.74) is 1.98. The smallest absolute Gasteiger partial charge is 0.313 e. The van der Waals surface area contributed by atoms with Gasteiger partial charge in [-0.15, -0.1) is 13.2 Å². The van der Waals surface area contributed by atoms with Gasteiger partial charge in [-0.2, -0.15) is 0 Å². The fourth-order valence-electron chi connectivity index (χ4n) is 7.58. The Kier molecular flexibility index (Phi) is 10.3. The van der Waals surface area contributed by atoms with Crippen LogP contribution in [0.3, 0.4) is 0 Å². The third kappa shape index (κ3) is 6.36. The van der Waals surface area contributed by atoms with Crippen LogP contribution in [-0.4, -0.2) is 77.2 Å². The van der Waals surface area contributed by atoms with E-state index in [2.05, 4.69) is 18.5 Å². The summed E-state index contributed by atoms with van der Waals surface area (Å²) < 4.78 is 12.8. The maximum Gasteiger partial charge on any atom is 0.313 e. The highest BCUT2D eigenvalue weighted by molar-refractivity contribution is 6.05. The number of β-amino-alcohol motifs (C(OH)–C–C–N with tert-alkyl or cyclic N) is 1. The molecule has 0 aliphatic carbocycles. The molecule has 10 nitrogen and oxygen atoms in total. The number of benzene rings is 2. The first-order chi connectivity index (χ1) is 22.6. The maximum atomic E-state index is 14.6. The summed E-state index contributed by atoms with van der Waals surface area (Å²) in [5.74, 6) is -3.51. The second-order valence-electron chi connectivity index (χ2n) is 12.8. The van der Waals surface area contributed by atoms with Gasteiger partial charge in [0.25, 0.3) is 5.91 Å². The molecule has 5 rings (SSSR count). The number of hydrogen-bond acceptors (Lipinski definition) is 7. The first kappa shape index (κ1) is 34.1. The summed E-state index contributed by atoms with van der Waals surface area (Å²) in [4.78, 5) is 58.6. The monoisotopic (exact) mass is 643 g/mol. The Morgan fingerprint density at radius 2 is 1.91 bits per heavy atom. The minimum absolute atomic E-state index is 0.0849. The number of allylic oxidation sites excluding steroid dienone is 1. The molecule has 2 aromatic carbocycles. The molecule has 0 saturated carbocycles. The molecule has 3 saturated heterocycles. The van der Waals surface area contributed by atoms with E-state index in [1.54, 1.807) is 24.0 Å². The Bertz CT molecular complexity index is 1530. The quantitative estimate of drug-likeness (QED) is 0.236. The van der Waals surface area contributed by atoms with E-state index in [0.717, 1.165) is 11.1 Å². The fourth-order valence-corrected chi connectivity index (χ4v) is 7.58. The van der Waals surface area contributed by atoms with Gasteiger partial charge in [-0.25, -0.2) is 0 Å². The molecule has 250 valence electrons. The van der Waals surface area contributed by atoms with Gasteiger partial charge in [-0.3, -0.25) is 19.2 Å². The molecule has 1 spiro atoms. The largest absolute Gasteiger partial charge is 0.455 e. The number of ether oxygens (including phenoxy) is 2. The first-order valence-corrected chi connectivity index (χ1v) is 16.3. The van der Waals surface area contributed by atoms with E-state index >= 15 is 0 Å². The van der Waals surface area contributed by atoms with Crippen molar-refractivity contribution < 1.29 is 33.8 Å². The first-order valence-electron chi connectivity index (χ1n) is 16.3. The highest BCUT2D eigenvalue weighted by atomic mass is 16.6. The number of carbonyl (C=O) groups excluding carboxylic acids is 4. The molecule has 3 amide bonds. The zero-order valence-corrected chi connectivity index (χ0v) is 27.4. The van der Waals surface area contributed by atoms with Crippen LogP contribution in [0.4, 0.5) is 5.69 Å². The Labute approximate surface area is 276 Å². The number of amides is 3. The van der Waals surface area contributed by atoms with Gasteiger partial charge in [0.15, 0.2) is 0 Å². The number of aliphatic hydroxyl groups is 1. The molecule has 7 atom stereocenters. The van der Waals surface area contributed by atoms with Gasteiger partial charge in [0.05, 0.1) is 30.6 Å². The Balaban J connectivity index is 1.47. The van der Waals surface area contributed by atoms with Crippen LogP contribution in [0.1, 0.15) is 55.4 Å². The third-order valence-corrected chi connectivity index (χ3v) is 9.67. The number of likely N-dealkylation sites (tertiary alicyclic amines) is 1. The molecule has 3 heterocycles. The molecule has 3 aliphatic rings. The van der Waals surface area contributed by atoms with Crippen molar-refractivity contribution in [2.45, 2.75) is 76.3 Å². The normalized spacial score (nSPS) is 25.5. The number of nitrogens with one attached hydrogen (secondary N) is 1. The van der Waals surface area contributed by atoms with Crippen LogP contribution in [0.15, 0.2) is 73.8 Å². The van der Waals surface area contributed by atoms with Crippen molar-refractivity contribution in [3.8, 4) is 0 Å². The summed E-state index contributed by atoms with van der Waals surface area (Å²) in [6.07, 6.45) is 3.49. The Morgan fingerprint density at radius 3 is 2.60 bits per heavy atom. The van der Waals surface area contributed by atoms with Gasteiger partial charge >= 0.3 is 5.97 Å². The van der Waals surface area contributed by atoms with Gasteiger partial charge < -0.3 is 29.7 Å². The molecular weight excluding hydrogens is 598 g/mol. The predicted molar refractivity (Wildman–Crippen MR) is 177 cm³/mol. The van der Waals surface area contributed by atoms with E-state index in [0.29, 0.717) is 30.5 Å². The predicted octanol–water partition coefficient (Wildman–Crippen LogP) is 3.94. The summed E-state index contributed by atoms with van der Waals surface area (Å²) in [6.45, 7) is 12.9. The van der Waals surface area contributed by atoms with Crippen molar-refractivity contribution in [1.29, 1.82) is 0 Å². The van der Waals surface area contributed by atoms with E-state index in [1.165, 1.54) is 4.90 Å². The minimum atomic E-state index is -1.26. The molecule has 3 fully saturated rings. The van der Waals surface area contributed by atoms with Crippen molar-refractivity contribution in [2.75, 3.05) is 24.6 Å². The Hall–Kier alpha value is -4.28. The van der Waals surface area contributed by atoms with Crippen molar-refractivity contribution in [2.24, 2.45) is 11.8 Å². The minimum Gasteiger partial charge on any atom is -0.455 e. The van der Waals surface area contributed by atoms with E-state index in [4.69, 9.17) is 9.47 Å². The lowest BCUT2D eigenvalue weighted by molar-refractivity contribution is -0.162. The second kappa shape index (κ2) is 14.2. The number of aliphatic hydroxyl groups excluding tert-OH is 1. The summed E-state index contributed by atoms with van der Waals surface area (Å²) >= 11 is 0. The number of aryl methyl sites for hydroxylation is 2. The van der Waals surface area contributed by atoms with Crippen molar-refractivity contribution >= 4 is 29.4 Å². The van der Waals surface area contributed by atoms with Crippen molar-refractivity contribution in [3.05, 3.63) is 90.5 Å². The van der Waals surface area contributed by atoms with E-state index < -0.39 is 53.6 Å². The third-order valence-electron chi connectivity index (χ3n) is 9.67. The molecule has 47 heavy (non-hydrogen) atoms. The standard InChI is InChI=1S/C37H45N3O7/c1-6-8-14-29(42)38-25(5)32(26-12-10-9-11-13-26)46-36(45)30-28-17-18-37(47-28)31(30)34(43)40(20-21-41)33(37)35(44)39(19-7-2)27-22-23(3)15-16-24(27)4/h6-7,9-13,15-16,22,25,28,30-33,41H,1-2,8,14,17-21H2,3-5H3,(H,38,42)/t25-,28+,30-,31-,32-,33+,37-/m0/s1. The second-order valence-corrected chi connectivity index (χ2v) is 12.8. The van der Waals surface area contributed by atoms with E-state index in [-0.39, 0.29) is 37.9 Å². The zero-order valence-electron chi connectivity index (χ0n) is 27.4. The number of fused-ring (bicyclic) bond motifs is 1. The maximum absolute atomic E-state index is 14.6. The van der Waals surface area contributed by atoms with Crippen LogP contribution in [-0.2, 0) is 28.7 Å². The van der Waals surface area contributed by atoms with Crippen LogP contribution in [0, 0.1) is 25.7 Å². The highest BCUT2D eigenvalue weighted by Crippen LogP contribution is 2.59. The molecule has 2 aromatic rings. The molecule has 0 unspecified atom stereocenters. The van der Waals surface area contributed by atoms with Crippen LogP contribution in [0.2, 0.25) is 0 Å². The number of nitrogens with zero attached hydrogens (tertiary/aromatic N) is 2. The average Bonchev–Trinajstić information content (AvgIpc) is 3.70. The van der Waals surface area contributed by atoms with Crippen LogP contribution >= 0.6 is 0 Å². The molecule has 0 radical (unpaired) electrons. The molecule has 3 aliphatic heterocycles. The molecule has 10 heteroatoms.